The molecular formula is C13H19ClFN3O2S. The van der Waals surface area contributed by atoms with Gasteiger partial charge in [0.2, 0.25) is 10.0 Å². The Morgan fingerprint density at radius 3 is 2.62 bits per heavy atom. The van der Waals surface area contributed by atoms with E-state index in [4.69, 9.17) is 17.3 Å². The van der Waals surface area contributed by atoms with E-state index in [1.54, 1.807) is 0 Å². The fraction of sp³-hybridized carbons (Fsp3) is 0.538. The summed E-state index contributed by atoms with van der Waals surface area (Å²) in [7, 11) is -3.97. The van der Waals surface area contributed by atoms with Gasteiger partial charge in [0.05, 0.1) is 5.69 Å². The predicted octanol–water partition coefficient (Wildman–Crippen LogP) is 1.82. The number of piperidine rings is 1. The second kappa shape index (κ2) is 6.48. The summed E-state index contributed by atoms with van der Waals surface area (Å²) in [5, 5.41) is 0.0927. The number of hydrogen-bond donors (Lipinski definition) is 2. The van der Waals surface area contributed by atoms with E-state index in [0.717, 1.165) is 25.7 Å². The van der Waals surface area contributed by atoms with E-state index in [0.29, 0.717) is 12.8 Å². The minimum atomic E-state index is -3.97. The van der Waals surface area contributed by atoms with Crippen molar-refractivity contribution in [3.8, 4) is 0 Å². The van der Waals surface area contributed by atoms with E-state index in [1.165, 1.54) is 6.07 Å². The first-order valence-electron chi connectivity index (χ1n) is 6.82. The lowest BCUT2D eigenvalue weighted by atomic mass is 10.1. The topological polar surface area (TPSA) is 75.4 Å². The summed E-state index contributed by atoms with van der Waals surface area (Å²) in [5.41, 5.74) is 5.15. The molecule has 1 fully saturated rings. The average molecular weight is 336 g/mol. The summed E-state index contributed by atoms with van der Waals surface area (Å²) < 4.78 is 41.1. The van der Waals surface area contributed by atoms with Crippen LogP contribution in [0.15, 0.2) is 17.0 Å². The lowest BCUT2D eigenvalue weighted by Gasteiger charge is -2.31. The standard InChI is InChI=1S/C13H19ClFN3O2S/c1-2-18-5-3-10(4-6-18)17-21(19,20)12-8-9(14)7-11(16)13(12)15/h7-8,10,17H,2-6,16H2,1H3. The SMILES string of the molecule is CCN1CCC(NS(=O)(=O)c2cc(Cl)cc(N)c2F)CC1. The number of nitrogens with two attached hydrogens (primary N) is 1. The number of likely N-dealkylation sites (tertiary alicyclic amines) is 1. The summed E-state index contributed by atoms with van der Waals surface area (Å²) in [5.74, 6) is -0.960. The molecule has 8 heteroatoms. The monoisotopic (exact) mass is 335 g/mol. The normalized spacial score (nSPS) is 18.0. The van der Waals surface area contributed by atoms with Gasteiger partial charge in [-0.1, -0.05) is 18.5 Å². The number of sulfonamides is 1. The van der Waals surface area contributed by atoms with Crippen molar-refractivity contribution in [2.24, 2.45) is 0 Å². The van der Waals surface area contributed by atoms with Gasteiger partial charge in [0.15, 0.2) is 5.82 Å². The van der Waals surface area contributed by atoms with Gasteiger partial charge in [0.25, 0.3) is 0 Å². The molecule has 0 bridgehead atoms. The first-order chi connectivity index (χ1) is 9.83. The maximum atomic E-state index is 13.9. The second-order valence-corrected chi connectivity index (χ2v) is 7.26. The number of halogens is 2. The van der Waals surface area contributed by atoms with Crippen LogP contribution in [0.4, 0.5) is 10.1 Å². The molecule has 118 valence electrons. The van der Waals surface area contributed by atoms with Crippen molar-refractivity contribution in [1.82, 2.24) is 9.62 Å². The summed E-state index contributed by atoms with van der Waals surface area (Å²) >= 11 is 5.76. The Balaban J connectivity index is 2.16. The van der Waals surface area contributed by atoms with Gasteiger partial charge in [0, 0.05) is 11.1 Å². The Kier molecular flexibility index (Phi) is 5.08. The molecule has 0 spiro atoms. The van der Waals surface area contributed by atoms with Gasteiger partial charge in [-0.3, -0.25) is 0 Å². The number of benzene rings is 1. The van der Waals surface area contributed by atoms with Crippen LogP contribution < -0.4 is 10.5 Å². The molecule has 1 saturated heterocycles. The average Bonchev–Trinajstić information content (AvgIpc) is 2.43. The smallest absolute Gasteiger partial charge is 0.243 e. The highest BCUT2D eigenvalue weighted by molar-refractivity contribution is 7.89. The molecular weight excluding hydrogens is 317 g/mol. The summed E-state index contributed by atoms with van der Waals surface area (Å²) in [6.07, 6.45) is 1.40. The van der Waals surface area contributed by atoms with Crippen molar-refractivity contribution in [2.45, 2.75) is 30.7 Å². The third-order valence-corrected chi connectivity index (χ3v) is 5.42. The van der Waals surface area contributed by atoms with Crippen molar-refractivity contribution in [3.05, 3.63) is 23.0 Å². The fourth-order valence-corrected chi connectivity index (χ4v) is 4.16. The zero-order valence-electron chi connectivity index (χ0n) is 11.8. The van der Waals surface area contributed by atoms with E-state index in [-0.39, 0.29) is 16.8 Å². The Labute approximate surface area is 129 Å². The second-order valence-electron chi connectivity index (χ2n) is 5.14. The number of nitrogens with zero attached hydrogens (tertiary/aromatic N) is 1. The molecule has 0 radical (unpaired) electrons. The fourth-order valence-electron chi connectivity index (χ4n) is 2.43. The number of rotatable bonds is 4. The third kappa shape index (κ3) is 3.85. The van der Waals surface area contributed by atoms with Crippen LogP contribution in [0.25, 0.3) is 0 Å². The lowest BCUT2D eigenvalue weighted by molar-refractivity contribution is 0.217. The molecule has 1 aliphatic heterocycles. The van der Waals surface area contributed by atoms with Crippen LogP contribution >= 0.6 is 11.6 Å². The number of hydrogen-bond acceptors (Lipinski definition) is 4. The first kappa shape index (κ1) is 16.5. The molecule has 0 unspecified atom stereocenters. The molecule has 0 aromatic heterocycles. The Morgan fingerprint density at radius 2 is 2.05 bits per heavy atom. The van der Waals surface area contributed by atoms with E-state index >= 15 is 0 Å². The van der Waals surface area contributed by atoms with Crippen LogP contribution in [0.3, 0.4) is 0 Å². The molecule has 1 aromatic carbocycles. The van der Waals surface area contributed by atoms with Crippen LogP contribution in [0.1, 0.15) is 19.8 Å². The molecule has 0 aliphatic carbocycles. The lowest BCUT2D eigenvalue weighted by Crippen LogP contribution is -2.44. The van der Waals surface area contributed by atoms with E-state index < -0.39 is 20.7 Å². The molecule has 2 rings (SSSR count). The minimum Gasteiger partial charge on any atom is -0.396 e. The summed E-state index contributed by atoms with van der Waals surface area (Å²) in [6, 6.07) is 2.07. The number of nitrogens with one attached hydrogen (secondary N) is 1. The zero-order valence-corrected chi connectivity index (χ0v) is 13.3. The zero-order chi connectivity index (χ0) is 15.6. The highest BCUT2D eigenvalue weighted by Gasteiger charge is 2.27. The molecule has 1 aliphatic rings. The Bertz CT molecular complexity index is 616. The van der Waals surface area contributed by atoms with Gasteiger partial charge in [-0.15, -0.1) is 0 Å². The predicted molar refractivity (Wildman–Crippen MR) is 81.3 cm³/mol. The maximum Gasteiger partial charge on any atom is 0.243 e. The van der Waals surface area contributed by atoms with E-state index in [2.05, 4.69) is 16.5 Å². The van der Waals surface area contributed by atoms with E-state index in [1.807, 2.05) is 0 Å². The highest BCUT2D eigenvalue weighted by Crippen LogP contribution is 2.26. The minimum absolute atomic E-state index is 0.0927. The van der Waals surface area contributed by atoms with Crippen molar-refractivity contribution >= 4 is 27.3 Å². The van der Waals surface area contributed by atoms with Crippen LogP contribution in [0.5, 0.6) is 0 Å². The van der Waals surface area contributed by atoms with Crippen LogP contribution in [0.2, 0.25) is 5.02 Å². The Morgan fingerprint density at radius 1 is 1.43 bits per heavy atom. The number of nitrogen functional groups attached to an aromatic ring is 1. The van der Waals surface area contributed by atoms with E-state index in [9.17, 15) is 12.8 Å². The molecule has 5 nitrogen and oxygen atoms in total. The van der Waals surface area contributed by atoms with Crippen molar-refractivity contribution in [3.63, 3.8) is 0 Å². The van der Waals surface area contributed by atoms with Crippen molar-refractivity contribution in [2.75, 3.05) is 25.4 Å². The van der Waals surface area contributed by atoms with Crippen molar-refractivity contribution < 1.29 is 12.8 Å². The molecule has 21 heavy (non-hydrogen) atoms. The van der Waals surface area contributed by atoms with Gasteiger partial charge in [0.1, 0.15) is 4.90 Å². The molecule has 1 heterocycles. The van der Waals surface area contributed by atoms with Crippen LogP contribution in [-0.2, 0) is 10.0 Å². The molecule has 1 aromatic rings. The molecule has 0 amide bonds. The molecule has 0 saturated carbocycles. The quantitative estimate of drug-likeness (QED) is 0.823. The summed E-state index contributed by atoms with van der Waals surface area (Å²) in [4.78, 5) is 1.74. The highest BCUT2D eigenvalue weighted by atomic mass is 35.5. The van der Waals surface area contributed by atoms with Gasteiger partial charge >= 0.3 is 0 Å². The molecule has 3 N–H and O–H groups in total. The Hall–Kier alpha value is -0.890. The van der Waals surface area contributed by atoms with Crippen LogP contribution in [0, 0.1) is 5.82 Å². The van der Waals surface area contributed by atoms with Crippen molar-refractivity contribution in [1.29, 1.82) is 0 Å². The van der Waals surface area contributed by atoms with Gasteiger partial charge in [-0.05, 0) is 44.6 Å². The van der Waals surface area contributed by atoms with Gasteiger partial charge in [-0.2, -0.15) is 0 Å². The van der Waals surface area contributed by atoms with Gasteiger partial charge in [-0.25, -0.2) is 17.5 Å². The molecule has 0 atom stereocenters. The number of anilines is 1. The largest absolute Gasteiger partial charge is 0.396 e. The maximum absolute atomic E-state index is 13.9. The summed E-state index contributed by atoms with van der Waals surface area (Å²) in [6.45, 7) is 4.65. The van der Waals surface area contributed by atoms with Crippen LogP contribution in [-0.4, -0.2) is 39.0 Å². The first-order valence-corrected chi connectivity index (χ1v) is 8.69. The van der Waals surface area contributed by atoms with Gasteiger partial charge < -0.3 is 10.6 Å². The third-order valence-electron chi connectivity index (χ3n) is 3.68.